The number of benzene rings is 1. The Morgan fingerprint density at radius 2 is 2.00 bits per heavy atom. The first-order chi connectivity index (χ1) is 12.4. The van der Waals surface area contributed by atoms with Crippen molar-refractivity contribution in [3.05, 3.63) is 41.1 Å². The van der Waals surface area contributed by atoms with Crippen LogP contribution >= 0.6 is 0 Å². The molecule has 0 unspecified atom stereocenters. The van der Waals surface area contributed by atoms with Crippen molar-refractivity contribution in [2.24, 2.45) is 0 Å². The molecule has 8 nitrogen and oxygen atoms in total. The Labute approximate surface area is 150 Å². The molecule has 1 atom stereocenters. The second kappa shape index (κ2) is 6.99. The van der Waals surface area contributed by atoms with Gasteiger partial charge in [0.05, 0.1) is 7.11 Å². The molecule has 1 fully saturated rings. The predicted molar refractivity (Wildman–Crippen MR) is 92.0 cm³/mol. The number of fused-ring (bicyclic) bond motifs is 1. The highest BCUT2D eigenvalue weighted by Gasteiger charge is 2.44. The zero-order valence-electron chi connectivity index (χ0n) is 14.5. The Morgan fingerprint density at radius 3 is 2.69 bits per heavy atom. The molecular formula is C18H19N3O5. The van der Waals surface area contributed by atoms with Crippen molar-refractivity contribution >= 4 is 29.3 Å². The number of methoxy groups -OCH3 is 1. The van der Waals surface area contributed by atoms with Gasteiger partial charge in [-0.3, -0.25) is 14.4 Å². The molecule has 8 heteroatoms. The van der Waals surface area contributed by atoms with Crippen LogP contribution in [0.15, 0.2) is 35.5 Å². The van der Waals surface area contributed by atoms with Gasteiger partial charge in [0.1, 0.15) is 17.3 Å². The summed E-state index contributed by atoms with van der Waals surface area (Å²) < 4.78 is 4.64. The summed E-state index contributed by atoms with van der Waals surface area (Å²) in [7, 11) is 1.14. The highest BCUT2D eigenvalue weighted by atomic mass is 16.5. The Bertz CT molecular complexity index is 830. The minimum Gasteiger partial charge on any atom is -0.465 e. The SMILES string of the molecule is COC(=O)C1=C2C(=O)NCCN2[C@H](C(=O)Nc2ccccc2C)CC1=O. The number of esters is 1. The summed E-state index contributed by atoms with van der Waals surface area (Å²) in [5.41, 5.74) is 1.12. The number of hydrogen-bond donors (Lipinski definition) is 2. The molecule has 0 saturated carbocycles. The number of anilines is 1. The summed E-state index contributed by atoms with van der Waals surface area (Å²) >= 11 is 0. The lowest BCUT2D eigenvalue weighted by atomic mass is 9.92. The maximum atomic E-state index is 12.8. The number of amides is 2. The number of carbonyl (C=O) groups excluding carboxylic acids is 4. The van der Waals surface area contributed by atoms with Gasteiger partial charge in [-0.1, -0.05) is 18.2 Å². The minimum atomic E-state index is -0.871. The molecule has 3 rings (SSSR count). The van der Waals surface area contributed by atoms with Crippen LogP contribution in [0.2, 0.25) is 0 Å². The van der Waals surface area contributed by atoms with E-state index in [1.807, 2.05) is 19.1 Å². The van der Waals surface area contributed by atoms with Gasteiger partial charge in [0, 0.05) is 25.2 Å². The molecule has 26 heavy (non-hydrogen) atoms. The molecule has 2 N–H and O–H groups in total. The van der Waals surface area contributed by atoms with Crippen LogP contribution in [0.25, 0.3) is 0 Å². The first kappa shape index (κ1) is 17.7. The van der Waals surface area contributed by atoms with E-state index in [9.17, 15) is 19.2 Å². The number of nitrogens with one attached hydrogen (secondary N) is 2. The second-order valence-electron chi connectivity index (χ2n) is 6.11. The molecule has 1 aromatic carbocycles. The number of hydrogen-bond acceptors (Lipinski definition) is 6. The van der Waals surface area contributed by atoms with Gasteiger partial charge in [0.15, 0.2) is 5.78 Å². The maximum absolute atomic E-state index is 12.8. The molecule has 2 amide bonds. The van der Waals surface area contributed by atoms with E-state index in [0.29, 0.717) is 18.8 Å². The number of rotatable bonds is 3. The average molecular weight is 357 g/mol. The van der Waals surface area contributed by atoms with Gasteiger partial charge in [-0.25, -0.2) is 4.79 Å². The van der Waals surface area contributed by atoms with E-state index in [-0.39, 0.29) is 17.7 Å². The molecule has 0 aromatic heterocycles. The van der Waals surface area contributed by atoms with E-state index in [4.69, 9.17) is 0 Å². The smallest absolute Gasteiger partial charge is 0.343 e. The Balaban J connectivity index is 1.95. The van der Waals surface area contributed by atoms with Crippen LogP contribution in [-0.2, 0) is 23.9 Å². The fraction of sp³-hybridized carbons (Fsp3) is 0.333. The van der Waals surface area contributed by atoms with Gasteiger partial charge >= 0.3 is 5.97 Å². The van der Waals surface area contributed by atoms with Crippen LogP contribution in [0.4, 0.5) is 5.69 Å². The van der Waals surface area contributed by atoms with Crippen molar-refractivity contribution in [1.29, 1.82) is 0 Å². The quantitative estimate of drug-likeness (QED) is 0.589. The third-order valence-electron chi connectivity index (χ3n) is 4.51. The number of para-hydroxylation sites is 1. The third kappa shape index (κ3) is 3.05. The van der Waals surface area contributed by atoms with Gasteiger partial charge < -0.3 is 20.3 Å². The van der Waals surface area contributed by atoms with Crippen molar-refractivity contribution in [3.63, 3.8) is 0 Å². The summed E-state index contributed by atoms with van der Waals surface area (Å²) in [6.07, 6.45) is -0.196. The second-order valence-corrected chi connectivity index (χ2v) is 6.11. The zero-order valence-corrected chi connectivity index (χ0v) is 14.5. The minimum absolute atomic E-state index is 0.0933. The van der Waals surface area contributed by atoms with Crippen LogP contribution < -0.4 is 10.6 Å². The van der Waals surface area contributed by atoms with E-state index in [1.165, 1.54) is 4.90 Å². The lowest BCUT2D eigenvalue weighted by molar-refractivity contribution is -0.141. The average Bonchev–Trinajstić information content (AvgIpc) is 2.63. The lowest BCUT2D eigenvalue weighted by Gasteiger charge is -2.40. The molecule has 0 aliphatic carbocycles. The summed E-state index contributed by atoms with van der Waals surface area (Å²) in [5, 5.41) is 5.40. The number of ether oxygens (including phenoxy) is 1. The zero-order chi connectivity index (χ0) is 18.8. The van der Waals surface area contributed by atoms with Crippen molar-refractivity contribution < 1.29 is 23.9 Å². The van der Waals surface area contributed by atoms with Gasteiger partial charge in [0.2, 0.25) is 5.91 Å². The first-order valence-corrected chi connectivity index (χ1v) is 8.21. The molecule has 0 spiro atoms. The van der Waals surface area contributed by atoms with E-state index >= 15 is 0 Å². The van der Waals surface area contributed by atoms with Crippen molar-refractivity contribution in [3.8, 4) is 0 Å². The monoisotopic (exact) mass is 357 g/mol. The van der Waals surface area contributed by atoms with Gasteiger partial charge in [-0.05, 0) is 18.6 Å². The number of nitrogens with zero attached hydrogens (tertiary/aromatic N) is 1. The summed E-state index contributed by atoms with van der Waals surface area (Å²) in [6, 6.07) is 6.40. The topological polar surface area (TPSA) is 105 Å². The van der Waals surface area contributed by atoms with Crippen LogP contribution in [0, 0.1) is 6.92 Å². The van der Waals surface area contributed by atoms with Crippen molar-refractivity contribution in [2.75, 3.05) is 25.5 Å². The molecule has 2 aliphatic heterocycles. The number of ketones is 1. The van der Waals surface area contributed by atoms with Crippen molar-refractivity contribution in [2.45, 2.75) is 19.4 Å². The molecule has 2 heterocycles. The van der Waals surface area contributed by atoms with E-state index in [2.05, 4.69) is 15.4 Å². The fourth-order valence-corrected chi connectivity index (χ4v) is 3.18. The lowest BCUT2D eigenvalue weighted by Crippen LogP contribution is -2.57. The highest BCUT2D eigenvalue weighted by molar-refractivity contribution is 6.24. The fourth-order valence-electron chi connectivity index (χ4n) is 3.18. The van der Waals surface area contributed by atoms with Crippen LogP contribution in [0.3, 0.4) is 0 Å². The largest absolute Gasteiger partial charge is 0.465 e. The Morgan fingerprint density at radius 1 is 1.27 bits per heavy atom. The maximum Gasteiger partial charge on any atom is 0.343 e. The Hall–Kier alpha value is -3.16. The molecular weight excluding hydrogens is 338 g/mol. The first-order valence-electron chi connectivity index (χ1n) is 8.21. The van der Waals surface area contributed by atoms with Gasteiger partial charge in [-0.15, -0.1) is 0 Å². The van der Waals surface area contributed by atoms with E-state index in [0.717, 1.165) is 12.7 Å². The molecule has 0 radical (unpaired) electrons. The molecule has 1 aromatic rings. The van der Waals surface area contributed by atoms with E-state index < -0.39 is 29.6 Å². The normalized spacial score (nSPS) is 19.6. The van der Waals surface area contributed by atoms with E-state index in [1.54, 1.807) is 12.1 Å². The number of piperazine rings is 1. The van der Waals surface area contributed by atoms with Crippen LogP contribution in [0.1, 0.15) is 12.0 Å². The summed E-state index contributed by atoms with van der Waals surface area (Å²) in [4.78, 5) is 51.1. The van der Waals surface area contributed by atoms with Gasteiger partial charge in [0.25, 0.3) is 5.91 Å². The molecule has 0 bridgehead atoms. The molecule has 136 valence electrons. The number of aryl methyl sites for hydroxylation is 1. The third-order valence-corrected chi connectivity index (χ3v) is 4.51. The molecule has 2 aliphatic rings. The number of Topliss-reactive ketones (excluding diaryl/α,β-unsaturated/α-hetero) is 1. The summed E-state index contributed by atoms with van der Waals surface area (Å²) in [6.45, 7) is 2.50. The van der Waals surface area contributed by atoms with Gasteiger partial charge in [-0.2, -0.15) is 0 Å². The number of carbonyl (C=O) groups is 4. The summed E-state index contributed by atoms with van der Waals surface area (Å²) in [5.74, 6) is -2.41. The Kier molecular flexibility index (Phi) is 4.75. The van der Waals surface area contributed by atoms with Crippen molar-refractivity contribution in [1.82, 2.24) is 10.2 Å². The molecule has 1 saturated heterocycles. The van der Waals surface area contributed by atoms with Crippen LogP contribution in [-0.4, -0.2) is 54.7 Å². The van der Waals surface area contributed by atoms with Crippen LogP contribution in [0.5, 0.6) is 0 Å². The highest BCUT2D eigenvalue weighted by Crippen LogP contribution is 2.28. The standard InChI is InChI=1S/C18H19N3O5/c1-10-5-3-4-6-11(10)20-16(23)12-9-13(22)14(18(25)26-2)15-17(24)19-7-8-21(12)15/h3-6,12H,7-9H2,1-2H3,(H,19,24)(H,20,23)/t12-/m0/s1. The predicted octanol–water partition coefficient (Wildman–Crippen LogP) is 0.134.